The van der Waals surface area contributed by atoms with Crippen LogP contribution in [0.1, 0.15) is 22.8 Å². The predicted molar refractivity (Wildman–Crippen MR) is 114 cm³/mol. The number of benzene rings is 2. The summed E-state index contributed by atoms with van der Waals surface area (Å²) < 4.78 is 0. The Bertz CT molecular complexity index is 1130. The van der Waals surface area contributed by atoms with Crippen molar-refractivity contribution in [3.8, 4) is 22.6 Å². The highest BCUT2D eigenvalue weighted by Gasteiger charge is 2.18. The molecule has 29 heavy (non-hydrogen) atoms. The van der Waals surface area contributed by atoms with Crippen molar-refractivity contribution < 1.29 is 4.79 Å². The van der Waals surface area contributed by atoms with Crippen LogP contribution in [0.2, 0.25) is 0 Å². The fraction of sp³-hybridized carbons (Fsp3) is 0.0833. The fourth-order valence-corrected chi connectivity index (χ4v) is 3.14. The van der Waals surface area contributed by atoms with Crippen LogP contribution in [0.5, 0.6) is 0 Å². The third-order valence-corrected chi connectivity index (χ3v) is 4.67. The summed E-state index contributed by atoms with van der Waals surface area (Å²) in [6.07, 6.45) is 5.80. The first-order valence-electron chi connectivity index (χ1n) is 9.48. The zero-order chi connectivity index (χ0) is 20.1. The molecule has 5 nitrogen and oxygen atoms in total. The standard InChI is InChI=1S/C24H20N4O/c1-2-17-8-6-7-11-21(17)27-24(29)20-16-26-23(19-9-4-3-5-10-19)28-22(20)18-12-14-25-15-13-18/h3-16H,2H2,1H3,(H,27,29). The van der Waals surface area contributed by atoms with Crippen LogP contribution in [0.25, 0.3) is 22.6 Å². The highest BCUT2D eigenvalue weighted by Crippen LogP contribution is 2.25. The monoisotopic (exact) mass is 380 g/mol. The van der Waals surface area contributed by atoms with Crippen LogP contribution in [-0.2, 0) is 6.42 Å². The lowest BCUT2D eigenvalue weighted by Crippen LogP contribution is -2.16. The molecule has 142 valence electrons. The molecule has 1 amide bonds. The van der Waals surface area contributed by atoms with Crippen LogP contribution in [0.15, 0.2) is 85.3 Å². The number of carbonyl (C=O) groups is 1. The number of pyridine rings is 1. The van der Waals surface area contributed by atoms with Crippen LogP contribution in [-0.4, -0.2) is 20.9 Å². The predicted octanol–water partition coefficient (Wildman–Crippen LogP) is 5.02. The van der Waals surface area contributed by atoms with E-state index in [-0.39, 0.29) is 5.91 Å². The smallest absolute Gasteiger partial charge is 0.259 e. The maximum Gasteiger partial charge on any atom is 0.259 e. The number of anilines is 1. The Kier molecular flexibility index (Phi) is 5.38. The summed E-state index contributed by atoms with van der Waals surface area (Å²) in [6.45, 7) is 2.06. The van der Waals surface area contributed by atoms with Gasteiger partial charge in [-0.1, -0.05) is 55.5 Å². The first-order chi connectivity index (χ1) is 14.3. The number of nitrogens with one attached hydrogen (secondary N) is 1. The molecule has 0 fully saturated rings. The first kappa shape index (κ1) is 18.5. The van der Waals surface area contributed by atoms with E-state index in [4.69, 9.17) is 4.98 Å². The SMILES string of the molecule is CCc1ccccc1NC(=O)c1cnc(-c2ccccc2)nc1-c1ccncc1. The lowest BCUT2D eigenvalue weighted by Gasteiger charge is -2.13. The minimum absolute atomic E-state index is 0.239. The summed E-state index contributed by atoms with van der Waals surface area (Å²) in [6, 6.07) is 21.2. The van der Waals surface area contributed by atoms with Gasteiger partial charge < -0.3 is 5.32 Å². The Labute approximate surface area is 169 Å². The van der Waals surface area contributed by atoms with Gasteiger partial charge in [0.1, 0.15) is 0 Å². The van der Waals surface area contributed by atoms with Crippen LogP contribution < -0.4 is 5.32 Å². The lowest BCUT2D eigenvalue weighted by molar-refractivity contribution is 0.102. The van der Waals surface area contributed by atoms with E-state index in [1.807, 2.05) is 66.7 Å². The van der Waals surface area contributed by atoms with E-state index in [1.54, 1.807) is 18.6 Å². The molecular formula is C24H20N4O. The van der Waals surface area contributed by atoms with Crippen molar-refractivity contribution >= 4 is 11.6 Å². The van der Waals surface area contributed by atoms with Gasteiger partial charge in [-0.3, -0.25) is 9.78 Å². The van der Waals surface area contributed by atoms with E-state index in [0.29, 0.717) is 17.1 Å². The molecule has 1 N–H and O–H groups in total. The summed E-state index contributed by atoms with van der Waals surface area (Å²) in [5, 5.41) is 3.01. The highest BCUT2D eigenvalue weighted by molar-refractivity contribution is 6.08. The molecule has 0 unspecified atom stereocenters. The third kappa shape index (κ3) is 4.04. The van der Waals surface area contributed by atoms with Gasteiger partial charge in [-0.05, 0) is 30.2 Å². The molecule has 2 heterocycles. The number of hydrogen-bond donors (Lipinski definition) is 1. The number of aromatic nitrogens is 3. The van der Waals surface area contributed by atoms with Crippen molar-refractivity contribution in [3.05, 3.63) is 96.4 Å². The lowest BCUT2D eigenvalue weighted by atomic mass is 10.1. The largest absolute Gasteiger partial charge is 0.322 e. The minimum Gasteiger partial charge on any atom is -0.322 e. The molecule has 0 bridgehead atoms. The second kappa shape index (κ2) is 8.44. The second-order valence-corrected chi connectivity index (χ2v) is 6.52. The van der Waals surface area contributed by atoms with Gasteiger partial charge in [-0.25, -0.2) is 9.97 Å². The van der Waals surface area contributed by atoms with E-state index in [0.717, 1.165) is 28.8 Å². The van der Waals surface area contributed by atoms with E-state index < -0.39 is 0 Å². The van der Waals surface area contributed by atoms with E-state index >= 15 is 0 Å². The van der Waals surface area contributed by atoms with Gasteiger partial charge in [0, 0.05) is 35.4 Å². The zero-order valence-electron chi connectivity index (χ0n) is 16.0. The van der Waals surface area contributed by atoms with Crippen LogP contribution in [0.4, 0.5) is 5.69 Å². The quantitative estimate of drug-likeness (QED) is 0.528. The van der Waals surface area contributed by atoms with E-state index in [1.165, 1.54) is 0 Å². The Balaban J connectivity index is 1.77. The van der Waals surface area contributed by atoms with Crippen molar-refractivity contribution in [1.29, 1.82) is 0 Å². The molecule has 4 aromatic rings. The molecular weight excluding hydrogens is 360 g/mol. The topological polar surface area (TPSA) is 67.8 Å². The molecule has 0 aliphatic carbocycles. The minimum atomic E-state index is -0.239. The summed E-state index contributed by atoms with van der Waals surface area (Å²) in [5.74, 6) is 0.334. The molecule has 0 saturated carbocycles. The van der Waals surface area contributed by atoms with Gasteiger partial charge in [0.2, 0.25) is 0 Å². The third-order valence-electron chi connectivity index (χ3n) is 4.67. The molecule has 0 spiro atoms. The number of nitrogens with zero attached hydrogens (tertiary/aromatic N) is 3. The van der Waals surface area contributed by atoms with E-state index in [2.05, 4.69) is 22.2 Å². The van der Waals surface area contributed by atoms with Crippen molar-refractivity contribution in [3.63, 3.8) is 0 Å². The molecule has 0 aliphatic rings. The number of amides is 1. The highest BCUT2D eigenvalue weighted by atomic mass is 16.1. The van der Waals surface area contributed by atoms with Gasteiger partial charge in [0.25, 0.3) is 5.91 Å². The van der Waals surface area contributed by atoms with Gasteiger partial charge in [0.15, 0.2) is 5.82 Å². The first-order valence-corrected chi connectivity index (χ1v) is 9.48. The van der Waals surface area contributed by atoms with Gasteiger partial charge in [-0.15, -0.1) is 0 Å². The normalized spacial score (nSPS) is 10.5. The number of para-hydroxylation sites is 1. The molecule has 0 aliphatic heterocycles. The van der Waals surface area contributed by atoms with Crippen LogP contribution in [0.3, 0.4) is 0 Å². The molecule has 2 aromatic carbocycles. The number of rotatable bonds is 5. The average Bonchev–Trinajstić information content (AvgIpc) is 2.80. The summed E-state index contributed by atoms with van der Waals surface area (Å²) >= 11 is 0. The molecule has 5 heteroatoms. The number of aryl methyl sites for hydroxylation is 1. The van der Waals surface area contributed by atoms with Gasteiger partial charge in [-0.2, -0.15) is 0 Å². The Morgan fingerprint density at radius 2 is 1.62 bits per heavy atom. The van der Waals surface area contributed by atoms with Gasteiger partial charge >= 0.3 is 0 Å². The molecule has 0 saturated heterocycles. The number of carbonyl (C=O) groups excluding carboxylic acids is 1. The fourth-order valence-electron chi connectivity index (χ4n) is 3.14. The Morgan fingerprint density at radius 3 is 2.38 bits per heavy atom. The molecule has 0 atom stereocenters. The average molecular weight is 380 g/mol. The number of hydrogen-bond acceptors (Lipinski definition) is 4. The Hall–Kier alpha value is -3.86. The summed E-state index contributed by atoms with van der Waals surface area (Å²) in [7, 11) is 0. The maximum absolute atomic E-state index is 13.1. The zero-order valence-corrected chi connectivity index (χ0v) is 16.0. The van der Waals surface area contributed by atoms with Crippen molar-refractivity contribution in [2.45, 2.75) is 13.3 Å². The summed E-state index contributed by atoms with van der Waals surface area (Å²) in [4.78, 5) is 26.4. The summed E-state index contributed by atoms with van der Waals surface area (Å²) in [5.41, 5.74) is 4.58. The molecule has 4 rings (SSSR count). The molecule has 0 radical (unpaired) electrons. The van der Waals surface area contributed by atoms with Crippen LogP contribution >= 0.6 is 0 Å². The Morgan fingerprint density at radius 1 is 0.897 bits per heavy atom. The second-order valence-electron chi connectivity index (χ2n) is 6.52. The van der Waals surface area contributed by atoms with Crippen molar-refractivity contribution in [2.75, 3.05) is 5.32 Å². The van der Waals surface area contributed by atoms with Crippen molar-refractivity contribution in [1.82, 2.24) is 15.0 Å². The maximum atomic E-state index is 13.1. The van der Waals surface area contributed by atoms with Crippen molar-refractivity contribution in [2.24, 2.45) is 0 Å². The molecule has 2 aromatic heterocycles. The van der Waals surface area contributed by atoms with Crippen LogP contribution in [0, 0.1) is 0 Å². The van der Waals surface area contributed by atoms with E-state index in [9.17, 15) is 4.79 Å². The van der Waals surface area contributed by atoms with Gasteiger partial charge in [0.05, 0.1) is 11.3 Å².